The first-order valence-electron chi connectivity index (χ1n) is 9.20. The van der Waals surface area contributed by atoms with Crippen LogP contribution >= 0.6 is 11.6 Å². The Morgan fingerprint density at radius 2 is 2.08 bits per heavy atom. The lowest BCUT2D eigenvalue weighted by molar-refractivity contribution is 0.0551. The Morgan fingerprint density at radius 1 is 1.31 bits per heavy atom. The van der Waals surface area contributed by atoms with Crippen LogP contribution in [0.2, 0.25) is 5.02 Å². The van der Waals surface area contributed by atoms with Crippen LogP contribution < -0.4 is 0 Å². The van der Waals surface area contributed by atoms with Gasteiger partial charge in [0.15, 0.2) is 5.82 Å². The first-order valence-corrected chi connectivity index (χ1v) is 9.57. The number of unbranched alkanes of at least 4 members (excludes halogenated alkanes) is 1. The van der Waals surface area contributed by atoms with Crippen LogP contribution in [0.5, 0.6) is 0 Å². The Hall–Kier alpha value is -1.92. The topological polar surface area (TPSA) is 62.5 Å². The highest BCUT2D eigenvalue weighted by Gasteiger charge is 2.28. The number of benzene rings is 1. The van der Waals surface area contributed by atoms with E-state index in [0.717, 1.165) is 38.2 Å². The minimum Gasteiger partial charge on any atom is -0.338 e. The average molecular weight is 377 g/mol. The van der Waals surface area contributed by atoms with Crippen molar-refractivity contribution < 1.29 is 9.32 Å². The van der Waals surface area contributed by atoms with Crippen LogP contribution in [-0.2, 0) is 6.42 Å². The van der Waals surface area contributed by atoms with Crippen LogP contribution in [0.1, 0.15) is 54.8 Å². The van der Waals surface area contributed by atoms with Gasteiger partial charge in [-0.1, -0.05) is 36.2 Å². The summed E-state index contributed by atoms with van der Waals surface area (Å²) in [6, 6.07) is 7.16. The van der Waals surface area contributed by atoms with Gasteiger partial charge in [0.05, 0.1) is 6.04 Å². The highest BCUT2D eigenvalue weighted by atomic mass is 35.5. The second-order valence-corrected chi connectivity index (χ2v) is 7.10. The van der Waals surface area contributed by atoms with E-state index in [4.69, 9.17) is 16.1 Å². The number of amides is 1. The largest absolute Gasteiger partial charge is 0.338 e. The third-order valence-corrected chi connectivity index (χ3v) is 5.05. The molecule has 2 aromatic rings. The zero-order valence-corrected chi connectivity index (χ0v) is 16.1. The maximum absolute atomic E-state index is 12.6. The van der Waals surface area contributed by atoms with Crippen molar-refractivity contribution in [1.82, 2.24) is 19.9 Å². The summed E-state index contributed by atoms with van der Waals surface area (Å²) in [5.41, 5.74) is 0.636. The number of carbonyl (C=O) groups excluding carboxylic acids is 1. The van der Waals surface area contributed by atoms with Crippen molar-refractivity contribution in [3.63, 3.8) is 0 Å². The molecule has 1 aromatic heterocycles. The number of aromatic nitrogens is 2. The molecular formula is C19H25ClN4O2. The van der Waals surface area contributed by atoms with Crippen molar-refractivity contribution in [3.8, 4) is 0 Å². The molecule has 0 N–H and O–H groups in total. The van der Waals surface area contributed by atoms with Gasteiger partial charge in [0.2, 0.25) is 5.89 Å². The van der Waals surface area contributed by atoms with Gasteiger partial charge in [-0.2, -0.15) is 4.98 Å². The van der Waals surface area contributed by atoms with Crippen molar-refractivity contribution >= 4 is 17.5 Å². The van der Waals surface area contributed by atoms with Gasteiger partial charge in [0.25, 0.3) is 5.91 Å². The van der Waals surface area contributed by atoms with Gasteiger partial charge in [0, 0.05) is 43.2 Å². The highest BCUT2D eigenvalue weighted by molar-refractivity contribution is 6.30. The first kappa shape index (κ1) is 18.9. The van der Waals surface area contributed by atoms with E-state index in [2.05, 4.69) is 28.9 Å². The van der Waals surface area contributed by atoms with Gasteiger partial charge >= 0.3 is 0 Å². The Bertz CT molecular complexity index is 741. The fraction of sp³-hybridized carbons (Fsp3) is 0.526. The van der Waals surface area contributed by atoms with E-state index in [-0.39, 0.29) is 11.9 Å². The summed E-state index contributed by atoms with van der Waals surface area (Å²) in [5, 5.41) is 4.65. The van der Waals surface area contributed by atoms with Crippen LogP contribution in [0.4, 0.5) is 0 Å². The normalized spacial score (nSPS) is 16.7. The Labute approximate surface area is 159 Å². The number of halogens is 1. The molecule has 1 aliphatic rings. The Morgan fingerprint density at radius 3 is 2.77 bits per heavy atom. The van der Waals surface area contributed by atoms with Gasteiger partial charge in [-0.15, -0.1) is 0 Å². The fourth-order valence-electron chi connectivity index (χ4n) is 3.15. The van der Waals surface area contributed by atoms with Crippen molar-refractivity contribution in [2.24, 2.45) is 0 Å². The molecule has 0 aliphatic carbocycles. The molecule has 0 saturated carbocycles. The molecular weight excluding hydrogens is 352 g/mol. The molecule has 3 rings (SSSR count). The molecule has 1 unspecified atom stereocenters. The van der Waals surface area contributed by atoms with Crippen LogP contribution in [0.15, 0.2) is 28.8 Å². The summed E-state index contributed by atoms with van der Waals surface area (Å²) in [6.07, 6.45) is 3.04. The first-order chi connectivity index (χ1) is 12.6. The van der Waals surface area contributed by atoms with Crippen LogP contribution in [0.3, 0.4) is 0 Å². The van der Waals surface area contributed by atoms with Gasteiger partial charge < -0.3 is 9.42 Å². The van der Waals surface area contributed by atoms with E-state index in [9.17, 15) is 4.79 Å². The monoisotopic (exact) mass is 376 g/mol. The molecule has 1 fully saturated rings. The molecule has 1 atom stereocenters. The molecule has 1 aliphatic heterocycles. The van der Waals surface area contributed by atoms with Crippen molar-refractivity contribution in [1.29, 1.82) is 0 Å². The van der Waals surface area contributed by atoms with Gasteiger partial charge in [-0.25, -0.2) is 0 Å². The predicted octanol–water partition coefficient (Wildman–Crippen LogP) is 3.58. The number of hydrogen-bond donors (Lipinski definition) is 0. The summed E-state index contributed by atoms with van der Waals surface area (Å²) < 4.78 is 5.44. The average Bonchev–Trinajstić information content (AvgIpc) is 3.14. The van der Waals surface area contributed by atoms with Crippen molar-refractivity contribution in [2.75, 3.05) is 26.2 Å². The molecule has 1 amide bonds. The van der Waals surface area contributed by atoms with E-state index in [1.807, 2.05) is 4.90 Å². The van der Waals surface area contributed by atoms with Crippen LogP contribution in [-0.4, -0.2) is 52.0 Å². The maximum Gasteiger partial charge on any atom is 0.253 e. The molecule has 0 spiro atoms. The van der Waals surface area contributed by atoms with E-state index in [0.29, 0.717) is 29.6 Å². The number of piperazine rings is 1. The standard InChI is InChI=1S/C19H25ClN4O2/c1-3-4-8-17-21-18(26-22-17)14(2)23-9-11-24(12-10-23)19(25)15-6-5-7-16(20)13-15/h5-7,13-14H,3-4,8-12H2,1-2H3. The number of rotatable bonds is 6. The predicted molar refractivity (Wildman–Crippen MR) is 100 cm³/mol. The molecule has 26 heavy (non-hydrogen) atoms. The number of nitrogens with zero attached hydrogens (tertiary/aromatic N) is 4. The summed E-state index contributed by atoms with van der Waals surface area (Å²) in [4.78, 5) is 21.3. The van der Waals surface area contributed by atoms with Gasteiger partial charge in [0.1, 0.15) is 0 Å². The quantitative estimate of drug-likeness (QED) is 0.771. The van der Waals surface area contributed by atoms with Crippen LogP contribution in [0, 0.1) is 0 Å². The minimum absolute atomic E-state index is 0.0273. The van der Waals surface area contributed by atoms with E-state index in [1.165, 1.54) is 0 Å². The van der Waals surface area contributed by atoms with E-state index >= 15 is 0 Å². The SMILES string of the molecule is CCCCc1noc(C(C)N2CCN(C(=O)c3cccc(Cl)c3)CC2)n1. The molecule has 140 valence electrons. The zero-order valence-electron chi connectivity index (χ0n) is 15.3. The molecule has 0 radical (unpaired) electrons. The molecule has 1 aromatic carbocycles. The summed E-state index contributed by atoms with van der Waals surface area (Å²) in [5.74, 6) is 1.47. The van der Waals surface area contributed by atoms with E-state index < -0.39 is 0 Å². The maximum atomic E-state index is 12.6. The zero-order chi connectivity index (χ0) is 18.5. The second-order valence-electron chi connectivity index (χ2n) is 6.67. The molecule has 1 saturated heterocycles. The Kier molecular flexibility index (Phi) is 6.27. The van der Waals surface area contributed by atoms with Gasteiger partial charge in [-0.3, -0.25) is 9.69 Å². The third kappa shape index (κ3) is 4.43. The van der Waals surface area contributed by atoms with Crippen LogP contribution in [0.25, 0.3) is 0 Å². The Balaban J connectivity index is 1.56. The van der Waals surface area contributed by atoms with Crippen molar-refractivity contribution in [3.05, 3.63) is 46.6 Å². The number of carbonyl (C=O) groups is 1. The minimum atomic E-state index is 0.0273. The lowest BCUT2D eigenvalue weighted by Crippen LogP contribution is -2.49. The lowest BCUT2D eigenvalue weighted by atomic mass is 10.1. The number of hydrogen-bond acceptors (Lipinski definition) is 5. The molecule has 0 bridgehead atoms. The highest BCUT2D eigenvalue weighted by Crippen LogP contribution is 2.21. The van der Waals surface area contributed by atoms with Crippen molar-refractivity contribution in [2.45, 2.75) is 39.2 Å². The smallest absolute Gasteiger partial charge is 0.253 e. The molecule has 6 nitrogen and oxygen atoms in total. The fourth-order valence-corrected chi connectivity index (χ4v) is 3.34. The van der Waals surface area contributed by atoms with Gasteiger partial charge in [-0.05, 0) is 31.5 Å². The number of aryl methyl sites for hydroxylation is 1. The van der Waals surface area contributed by atoms with E-state index in [1.54, 1.807) is 24.3 Å². The second kappa shape index (κ2) is 8.64. The summed E-state index contributed by atoms with van der Waals surface area (Å²) in [7, 11) is 0. The molecule has 7 heteroatoms. The summed E-state index contributed by atoms with van der Waals surface area (Å²) >= 11 is 5.99. The molecule has 2 heterocycles. The lowest BCUT2D eigenvalue weighted by Gasteiger charge is -2.36. The third-order valence-electron chi connectivity index (χ3n) is 4.82. The summed E-state index contributed by atoms with van der Waals surface area (Å²) in [6.45, 7) is 7.12.